The molecule has 5 N–H and O–H groups in total. The number of nitrogens with two attached hydrogens (primary N) is 1. The average Bonchev–Trinajstić information content (AvgIpc) is 2.97. The summed E-state index contributed by atoms with van der Waals surface area (Å²) in [5, 5.41) is 32.6. The zero-order chi connectivity index (χ0) is 20.0. The number of amides is 1. The predicted molar refractivity (Wildman–Crippen MR) is 100 cm³/mol. The van der Waals surface area contributed by atoms with Crippen LogP contribution < -0.4 is 16.4 Å². The lowest BCUT2D eigenvalue weighted by Gasteiger charge is -2.10. The summed E-state index contributed by atoms with van der Waals surface area (Å²) in [7, 11) is 0. The number of nitrogens with zero attached hydrogens (tertiary/aromatic N) is 3. The zero-order valence-electron chi connectivity index (χ0n) is 15.1. The van der Waals surface area contributed by atoms with Crippen molar-refractivity contribution in [3.8, 4) is 6.07 Å². The standard InChI is InChI=1S/C17H21N7O3/c1-10(2)21-17(25)11-5-6-14(15(8-11)24(26)27)20-7-3-4-13-12(9-18)16(19)23-22-13/h5-6,8,10,20H,3-4,7H2,1-2H3,(H,21,25)(H3,19,22,23). The molecule has 1 amide bonds. The van der Waals surface area contributed by atoms with Gasteiger partial charge in [-0.05, 0) is 38.8 Å². The number of aromatic amines is 1. The summed E-state index contributed by atoms with van der Waals surface area (Å²) in [6.07, 6.45) is 1.12. The summed E-state index contributed by atoms with van der Waals surface area (Å²) < 4.78 is 0. The van der Waals surface area contributed by atoms with Gasteiger partial charge in [0, 0.05) is 24.2 Å². The fraction of sp³-hybridized carbons (Fsp3) is 0.353. The number of rotatable bonds is 8. The number of nitriles is 1. The molecule has 1 aromatic heterocycles. The smallest absolute Gasteiger partial charge is 0.293 e. The molecular formula is C17H21N7O3. The van der Waals surface area contributed by atoms with E-state index in [4.69, 9.17) is 11.0 Å². The van der Waals surface area contributed by atoms with Crippen molar-refractivity contribution in [1.29, 1.82) is 5.26 Å². The number of benzene rings is 1. The minimum Gasteiger partial charge on any atom is -0.381 e. The van der Waals surface area contributed by atoms with Gasteiger partial charge in [0.25, 0.3) is 11.6 Å². The van der Waals surface area contributed by atoms with Crippen LogP contribution in [-0.4, -0.2) is 33.6 Å². The molecule has 0 bridgehead atoms. The molecule has 10 nitrogen and oxygen atoms in total. The van der Waals surface area contributed by atoms with Gasteiger partial charge in [0.05, 0.1) is 10.6 Å². The van der Waals surface area contributed by atoms with Crippen molar-refractivity contribution in [3.63, 3.8) is 0 Å². The Bertz CT molecular complexity index is 883. The van der Waals surface area contributed by atoms with E-state index in [2.05, 4.69) is 20.8 Å². The number of H-pyrrole nitrogens is 1. The van der Waals surface area contributed by atoms with Crippen LogP contribution in [0.15, 0.2) is 18.2 Å². The van der Waals surface area contributed by atoms with E-state index in [1.807, 2.05) is 19.9 Å². The van der Waals surface area contributed by atoms with Crippen LogP contribution >= 0.6 is 0 Å². The molecule has 0 fully saturated rings. The Morgan fingerprint density at radius 1 is 1.48 bits per heavy atom. The molecular weight excluding hydrogens is 350 g/mol. The van der Waals surface area contributed by atoms with E-state index in [0.29, 0.717) is 36.3 Å². The summed E-state index contributed by atoms with van der Waals surface area (Å²) in [6.45, 7) is 4.06. The van der Waals surface area contributed by atoms with Crippen molar-refractivity contribution in [2.75, 3.05) is 17.6 Å². The Morgan fingerprint density at radius 2 is 2.22 bits per heavy atom. The van der Waals surface area contributed by atoms with Gasteiger partial charge in [-0.15, -0.1) is 0 Å². The second kappa shape index (κ2) is 8.66. The molecule has 0 saturated carbocycles. The fourth-order valence-corrected chi connectivity index (χ4v) is 2.51. The number of nitro benzene ring substituents is 1. The molecule has 0 unspecified atom stereocenters. The maximum Gasteiger partial charge on any atom is 0.293 e. The number of carbonyl (C=O) groups is 1. The van der Waals surface area contributed by atoms with Crippen LogP contribution in [0.3, 0.4) is 0 Å². The first kappa shape index (κ1) is 19.7. The molecule has 0 atom stereocenters. The van der Waals surface area contributed by atoms with Crippen LogP contribution in [0.4, 0.5) is 17.2 Å². The van der Waals surface area contributed by atoms with Crippen molar-refractivity contribution in [1.82, 2.24) is 15.5 Å². The first-order valence-electron chi connectivity index (χ1n) is 8.39. The molecule has 2 aromatic rings. The van der Waals surface area contributed by atoms with Gasteiger partial charge >= 0.3 is 0 Å². The van der Waals surface area contributed by atoms with Crippen molar-refractivity contribution in [2.45, 2.75) is 32.7 Å². The van der Waals surface area contributed by atoms with Crippen LogP contribution in [-0.2, 0) is 6.42 Å². The van der Waals surface area contributed by atoms with Crippen LogP contribution in [0.2, 0.25) is 0 Å². The minimum atomic E-state index is -0.530. The summed E-state index contributed by atoms with van der Waals surface area (Å²) in [5.74, 6) is -0.202. The van der Waals surface area contributed by atoms with E-state index in [-0.39, 0.29) is 29.0 Å². The van der Waals surface area contributed by atoms with Gasteiger partial charge in [0.15, 0.2) is 5.82 Å². The maximum absolute atomic E-state index is 12.0. The van der Waals surface area contributed by atoms with Gasteiger partial charge < -0.3 is 16.4 Å². The van der Waals surface area contributed by atoms with Crippen molar-refractivity contribution in [3.05, 3.63) is 45.1 Å². The lowest BCUT2D eigenvalue weighted by Crippen LogP contribution is -2.30. The third kappa shape index (κ3) is 4.94. The molecule has 142 valence electrons. The normalized spacial score (nSPS) is 10.4. The summed E-state index contributed by atoms with van der Waals surface area (Å²) >= 11 is 0. The number of hydrogen-bond acceptors (Lipinski definition) is 7. The highest BCUT2D eigenvalue weighted by Crippen LogP contribution is 2.26. The molecule has 0 spiro atoms. The molecule has 1 heterocycles. The van der Waals surface area contributed by atoms with Crippen LogP contribution in [0.5, 0.6) is 0 Å². The van der Waals surface area contributed by atoms with E-state index >= 15 is 0 Å². The molecule has 2 rings (SSSR count). The number of anilines is 2. The van der Waals surface area contributed by atoms with Gasteiger partial charge in [-0.1, -0.05) is 0 Å². The number of aromatic nitrogens is 2. The lowest BCUT2D eigenvalue weighted by molar-refractivity contribution is -0.384. The molecule has 0 saturated heterocycles. The second-order valence-corrected chi connectivity index (χ2v) is 6.22. The van der Waals surface area contributed by atoms with Gasteiger partial charge in [-0.2, -0.15) is 10.4 Å². The lowest BCUT2D eigenvalue weighted by atomic mass is 10.1. The Balaban J connectivity index is 2.02. The van der Waals surface area contributed by atoms with E-state index in [1.165, 1.54) is 18.2 Å². The predicted octanol–water partition coefficient (Wildman–Crippen LogP) is 1.95. The topological polar surface area (TPSA) is 163 Å². The summed E-state index contributed by atoms with van der Waals surface area (Å²) in [4.78, 5) is 22.8. The first-order valence-corrected chi connectivity index (χ1v) is 8.39. The number of carbonyl (C=O) groups excluding carboxylic acids is 1. The molecule has 0 aliphatic carbocycles. The molecule has 0 aliphatic heterocycles. The monoisotopic (exact) mass is 371 g/mol. The number of nitro groups is 1. The SMILES string of the molecule is CC(C)NC(=O)c1ccc(NCCCc2[nH]nc(N)c2C#N)c([N+](=O)[O-])c1. The van der Waals surface area contributed by atoms with E-state index < -0.39 is 4.92 Å². The van der Waals surface area contributed by atoms with Crippen molar-refractivity contribution in [2.24, 2.45) is 0 Å². The van der Waals surface area contributed by atoms with Gasteiger partial charge in [-0.25, -0.2) is 0 Å². The quantitative estimate of drug-likeness (QED) is 0.313. The highest BCUT2D eigenvalue weighted by molar-refractivity contribution is 5.95. The Kier molecular flexibility index (Phi) is 6.32. The van der Waals surface area contributed by atoms with Gasteiger partial charge in [0.1, 0.15) is 17.3 Å². The van der Waals surface area contributed by atoms with Crippen molar-refractivity contribution >= 4 is 23.1 Å². The molecule has 1 aromatic carbocycles. The van der Waals surface area contributed by atoms with E-state index in [9.17, 15) is 14.9 Å². The number of nitrogen functional groups attached to an aromatic ring is 1. The molecule has 10 heteroatoms. The highest BCUT2D eigenvalue weighted by atomic mass is 16.6. The molecule has 27 heavy (non-hydrogen) atoms. The van der Waals surface area contributed by atoms with Crippen LogP contribution in [0.25, 0.3) is 0 Å². The Morgan fingerprint density at radius 3 is 2.85 bits per heavy atom. The Hall–Kier alpha value is -3.61. The van der Waals surface area contributed by atoms with Gasteiger partial charge in [-0.3, -0.25) is 20.0 Å². The third-order valence-electron chi connectivity index (χ3n) is 3.78. The summed E-state index contributed by atoms with van der Waals surface area (Å²) in [6, 6.07) is 6.23. The van der Waals surface area contributed by atoms with E-state index in [0.717, 1.165) is 0 Å². The maximum atomic E-state index is 12.0. The minimum absolute atomic E-state index is 0.0656. The number of nitrogens with one attached hydrogen (secondary N) is 3. The van der Waals surface area contributed by atoms with E-state index in [1.54, 1.807) is 0 Å². The van der Waals surface area contributed by atoms with Crippen LogP contribution in [0.1, 0.15) is 41.9 Å². The largest absolute Gasteiger partial charge is 0.381 e. The first-order chi connectivity index (χ1) is 12.8. The molecule has 0 aliphatic rings. The number of aryl methyl sites for hydroxylation is 1. The zero-order valence-corrected chi connectivity index (χ0v) is 15.1. The van der Waals surface area contributed by atoms with Gasteiger partial charge in [0.2, 0.25) is 0 Å². The average molecular weight is 371 g/mol. The second-order valence-electron chi connectivity index (χ2n) is 6.22. The molecule has 0 radical (unpaired) electrons. The van der Waals surface area contributed by atoms with Crippen LogP contribution in [0, 0.1) is 21.4 Å². The Labute approximate surface area is 155 Å². The highest BCUT2D eigenvalue weighted by Gasteiger charge is 2.18. The summed E-state index contributed by atoms with van der Waals surface area (Å²) in [5.41, 5.74) is 6.92. The van der Waals surface area contributed by atoms with Crippen molar-refractivity contribution < 1.29 is 9.72 Å². The number of hydrogen-bond donors (Lipinski definition) is 4. The fourth-order valence-electron chi connectivity index (χ4n) is 2.51. The third-order valence-corrected chi connectivity index (χ3v) is 3.78.